The zero-order chi connectivity index (χ0) is 20.9. The number of aliphatic carboxylic acids is 1. The third-order valence-corrected chi connectivity index (χ3v) is 8.06. The number of nitrogens with zero attached hydrogens (tertiary/aromatic N) is 1. The van der Waals surface area contributed by atoms with Gasteiger partial charge in [-0.25, -0.2) is 4.79 Å². The van der Waals surface area contributed by atoms with E-state index in [0.717, 1.165) is 24.4 Å². The number of hydrogen-bond acceptors (Lipinski definition) is 7. The van der Waals surface area contributed by atoms with Crippen LogP contribution in [0.1, 0.15) is 20.3 Å². The van der Waals surface area contributed by atoms with E-state index in [0.29, 0.717) is 13.1 Å². The number of β-lactam (4-membered cyclic amide) rings is 1. The predicted octanol–water partition coefficient (Wildman–Crippen LogP) is -1.06. The van der Waals surface area contributed by atoms with Gasteiger partial charge in [0.2, 0.25) is 11.8 Å². The van der Waals surface area contributed by atoms with Crippen molar-refractivity contribution in [3.8, 4) is 0 Å². The Morgan fingerprint density at radius 3 is 2.72 bits per heavy atom. The van der Waals surface area contributed by atoms with Gasteiger partial charge in [-0.1, -0.05) is 6.92 Å². The maximum Gasteiger partial charge on any atom is 0.353 e. The van der Waals surface area contributed by atoms with Gasteiger partial charge >= 0.3 is 5.97 Å². The number of hydrogen-bond donors (Lipinski definition) is 5. The standard InChI is InChI=1S/C19H28N4O5S/c1-8-15-14(9(2)24)18(26)23(15)16(19(27)28)17(8)29-11-3-12(21-6-11)10-4-20-7-13(25)22-5-10/h8-12,14-15,20-21,24H,3-7H2,1-2H3,(H,22,25)(H,27,28)/t8-,9-,10?,11+,12+,14-,15-/m1/s1. The fraction of sp³-hybridized carbons (Fsp3) is 0.737. The van der Waals surface area contributed by atoms with E-state index in [-0.39, 0.29) is 46.7 Å². The first kappa shape index (κ1) is 20.6. The van der Waals surface area contributed by atoms with Crippen molar-refractivity contribution in [3.05, 3.63) is 10.6 Å². The highest BCUT2D eigenvalue weighted by Gasteiger charge is 2.60. The number of amides is 2. The number of nitrogens with one attached hydrogen (secondary N) is 3. The van der Waals surface area contributed by atoms with Crippen LogP contribution in [-0.2, 0) is 14.4 Å². The molecule has 0 spiro atoms. The Balaban J connectivity index is 1.46. The zero-order valence-corrected chi connectivity index (χ0v) is 17.4. The molecule has 4 aliphatic heterocycles. The van der Waals surface area contributed by atoms with Crippen LogP contribution < -0.4 is 16.0 Å². The minimum atomic E-state index is -1.09. The first-order valence-electron chi connectivity index (χ1n) is 10.2. The van der Waals surface area contributed by atoms with Crippen LogP contribution >= 0.6 is 11.8 Å². The summed E-state index contributed by atoms with van der Waals surface area (Å²) in [5.41, 5.74) is 0.0845. The average molecular weight is 425 g/mol. The highest BCUT2D eigenvalue weighted by molar-refractivity contribution is 8.03. The Labute approximate surface area is 173 Å². The second-order valence-corrected chi connectivity index (χ2v) is 9.80. The van der Waals surface area contributed by atoms with Crippen LogP contribution in [-0.4, -0.2) is 82.5 Å². The molecule has 0 bridgehead atoms. The van der Waals surface area contributed by atoms with Gasteiger partial charge in [-0.2, -0.15) is 0 Å². The molecule has 3 fully saturated rings. The molecule has 0 aliphatic carbocycles. The van der Waals surface area contributed by atoms with E-state index in [1.807, 2.05) is 6.92 Å². The number of carbonyl (C=O) groups is 3. The molecule has 4 rings (SSSR count). The van der Waals surface area contributed by atoms with Gasteiger partial charge in [0.1, 0.15) is 5.70 Å². The van der Waals surface area contributed by atoms with Crippen LogP contribution in [0.2, 0.25) is 0 Å². The summed E-state index contributed by atoms with van der Waals surface area (Å²) in [6.45, 7) is 6.00. The van der Waals surface area contributed by atoms with Crippen molar-refractivity contribution in [2.24, 2.45) is 17.8 Å². The number of carboxylic acids is 1. The van der Waals surface area contributed by atoms with Gasteiger partial charge in [0.05, 0.1) is 24.6 Å². The molecule has 2 amide bonds. The minimum absolute atomic E-state index is 0.00863. The van der Waals surface area contributed by atoms with E-state index >= 15 is 0 Å². The first-order chi connectivity index (χ1) is 13.8. The van der Waals surface area contributed by atoms with E-state index in [4.69, 9.17) is 0 Å². The van der Waals surface area contributed by atoms with Crippen molar-refractivity contribution < 1.29 is 24.6 Å². The summed E-state index contributed by atoms with van der Waals surface area (Å²) in [6.07, 6.45) is 0.0788. The lowest BCUT2D eigenvalue weighted by Crippen LogP contribution is -2.63. The number of aliphatic hydroxyl groups excluding tert-OH is 1. The fourth-order valence-electron chi connectivity index (χ4n) is 5.08. The molecule has 0 saturated carbocycles. The van der Waals surface area contributed by atoms with Gasteiger partial charge in [0, 0.05) is 47.7 Å². The molecule has 1 unspecified atom stereocenters. The van der Waals surface area contributed by atoms with Crippen molar-refractivity contribution in [1.29, 1.82) is 0 Å². The maximum atomic E-state index is 12.5. The van der Waals surface area contributed by atoms with Crippen LogP contribution in [0.25, 0.3) is 0 Å². The minimum Gasteiger partial charge on any atom is -0.477 e. The highest BCUT2D eigenvalue weighted by Crippen LogP contribution is 2.51. The molecular weight excluding hydrogens is 396 g/mol. The van der Waals surface area contributed by atoms with Gasteiger partial charge in [-0.15, -0.1) is 11.8 Å². The third-order valence-electron chi connectivity index (χ3n) is 6.55. The van der Waals surface area contributed by atoms with Crippen molar-refractivity contribution in [2.75, 3.05) is 26.2 Å². The van der Waals surface area contributed by atoms with Crippen molar-refractivity contribution in [3.63, 3.8) is 0 Å². The molecule has 4 heterocycles. The van der Waals surface area contributed by atoms with Gasteiger partial charge in [0.15, 0.2) is 0 Å². The molecule has 3 saturated heterocycles. The Hall–Kier alpha value is -1.62. The summed E-state index contributed by atoms with van der Waals surface area (Å²) in [7, 11) is 0. The average Bonchev–Trinajstić information content (AvgIpc) is 3.12. The van der Waals surface area contributed by atoms with Gasteiger partial charge in [-0.3, -0.25) is 9.59 Å². The van der Waals surface area contributed by atoms with E-state index < -0.39 is 18.0 Å². The molecular formula is C19H28N4O5S. The molecule has 10 heteroatoms. The molecule has 4 aliphatic rings. The van der Waals surface area contributed by atoms with E-state index in [1.54, 1.807) is 18.7 Å². The summed E-state index contributed by atoms with van der Waals surface area (Å²) in [5, 5.41) is 29.5. The molecule has 160 valence electrons. The second kappa shape index (κ2) is 7.90. The van der Waals surface area contributed by atoms with Crippen LogP contribution in [0.3, 0.4) is 0 Å². The Morgan fingerprint density at radius 1 is 1.28 bits per heavy atom. The summed E-state index contributed by atoms with van der Waals surface area (Å²) in [5.74, 6) is -1.74. The van der Waals surface area contributed by atoms with Crippen LogP contribution in [0.5, 0.6) is 0 Å². The largest absolute Gasteiger partial charge is 0.477 e. The Bertz CT molecular complexity index is 757. The molecule has 9 nitrogen and oxygen atoms in total. The summed E-state index contributed by atoms with van der Waals surface area (Å²) in [6, 6.07) is -0.0320. The molecule has 7 atom stereocenters. The number of carboxylic acid groups (broad SMARTS) is 1. The van der Waals surface area contributed by atoms with E-state index in [9.17, 15) is 24.6 Å². The van der Waals surface area contributed by atoms with Gasteiger partial charge in [-0.05, 0) is 13.3 Å². The lowest BCUT2D eigenvalue weighted by atomic mass is 9.79. The smallest absolute Gasteiger partial charge is 0.353 e. The SMILES string of the molecule is C[C@@H](O)[C@H]1C(=O)N2C(C(=O)O)=C(S[C@@H]3CN[C@H](C4CNCC(=O)NC4)C3)[C@H](C)[C@H]12. The van der Waals surface area contributed by atoms with Gasteiger partial charge < -0.3 is 31.1 Å². The van der Waals surface area contributed by atoms with Crippen molar-refractivity contribution in [2.45, 2.75) is 43.7 Å². The summed E-state index contributed by atoms with van der Waals surface area (Å²) < 4.78 is 0. The zero-order valence-electron chi connectivity index (χ0n) is 16.6. The van der Waals surface area contributed by atoms with E-state index in [2.05, 4.69) is 16.0 Å². The third kappa shape index (κ3) is 3.56. The molecule has 29 heavy (non-hydrogen) atoms. The number of thioether (sulfide) groups is 1. The molecule has 0 radical (unpaired) electrons. The summed E-state index contributed by atoms with van der Waals surface area (Å²) in [4.78, 5) is 38.0. The quantitative estimate of drug-likeness (QED) is 0.353. The number of fused-ring (bicyclic) bond motifs is 1. The normalized spacial score (nSPS) is 38.4. The lowest BCUT2D eigenvalue weighted by molar-refractivity contribution is -0.163. The van der Waals surface area contributed by atoms with E-state index in [1.165, 1.54) is 4.90 Å². The highest BCUT2D eigenvalue weighted by atomic mass is 32.2. The van der Waals surface area contributed by atoms with Gasteiger partial charge in [0.25, 0.3) is 0 Å². The van der Waals surface area contributed by atoms with Crippen LogP contribution in [0.15, 0.2) is 10.6 Å². The van der Waals surface area contributed by atoms with Crippen LogP contribution in [0, 0.1) is 17.8 Å². The Morgan fingerprint density at radius 2 is 2.03 bits per heavy atom. The number of aliphatic hydroxyl groups is 1. The number of rotatable bonds is 5. The monoisotopic (exact) mass is 424 g/mol. The molecule has 0 aromatic carbocycles. The van der Waals surface area contributed by atoms with Crippen molar-refractivity contribution >= 4 is 29.5 Å². The fourth-order valence-corrected chi connectivity index (χ4v) is 6.57. The lowest BCUT2D eigenvalue weighted by Gasteiger charge is -2.46. The maximum absolute atomic E-state index is 12.5. The molecule has 0 aromatic heterocycles. The Kier molecular flexibility index (Phi) is 5.62. The molecule has 0 aromatic rings. The predicted molar refractivity (Wildman–Crippen MR) is 107 cm³/mol. The summed E-state index contributed by atoms with van der Waals surface area (Å²) >= 11 is 1.55. The topological polar surface area (TPSA) is 131 Å². The second-order valence-electron chi connectivity index (χ2n) is 8.46. The first-order valence-corrected chi connectivity index (χ1v) is 11.0. The van der Waals surface area contributed by atoms with Crippen LogP contribution in [0.4, 0.5) is 0 Å². The molecule has 5 N–H and O–H groups in total. The van der Waals surface area contributed by atoms with Crippen molar-refractivity contribution in [1.82, 2.24) is 20.9 Å². The number of carbonyl (C=O) groups excluding carboxylic acids is 2.